The average Bonchev–Trinajstić information content (AvgIpc) is 3.28. The van der Waals surface area contributed by atoms with E-state index in [0.29, 0.717) is 6.54 Å². The monoisotopic (exact) mass is 354 g/mol. The molecule has 1 atom stereocenters. The molecule has 1 saturated heterocycles. The Hall–Kier alpha value is -2.40. The molecule has 136 valence electrons. The zero-order valence-electron chi connectivity index (χ0n) is 15.0. The third-order valence-electron chi connectivity index (χ3n) is 5.40. The topological polar surface area (TPSA) is 32.8 Å². The summed E-state index contributed by atoms with van der Waals surface area (Å²) in [5.41, 5.74) is 3.22. The number of halogens is 1. The fourth-order valence-electron chi connectivity index (χ4n) is 4.03. The van der Waals surface area contributed by atoms with Crippen LogP contribution in [0.5, 0.6) is 5.75 Å². The highest BCUT2D eigenvalue weighted by atomic mass is 19.1. The summed E-state index contributed by atoms with van der Waals surface area (Å²) in [6, 6.07) is 13.2. The molecule has 0 bridgehead atoms. The Morgan fingerprint density at radius 3 is 2.88 bits per heavy atom. The van der Waals surface area contributed by atoms with Crippen molar-refractivity contribution in [2.75, 3.05) is 31.6 Å². The Morgan fingerprint density at radius 1 is 1.23 bits per heavy atom. The Bertz CT molecular complexity index is 823. The molecule has 2 aliphatic heterocycles. The largest absolute Gasteiger partial charge is 0.494 e. The second-order valence-corrected chi connectivity index (χ2v) is 7.06. The summed E-state index contributed by atoms with van der Waals surface area (Å²) < 4.78 is 18.8. The molecular weight excluding hydrogens is 331 g/mol. The average molecular weight is 354 g/mol. The molecule has 0 aromatic heterocycles. The van der Waals surface area contributed by atoms with Crippen LogP contribution in [0.4, 0.5) is 10.1 Å². The maximum Gasteiger partial charge on any atom is 0.231 e. The number of methoxy groups -OCH3 is 1. The molecule has 0 N–H and O–H groups in total. The molecule has 4 rings (SSSR count). The molecule has 0 saturated carbocycles. The number of carbonyl (C=O) groups is 1. The van der Waals surface area contributed by atoms with E-state index in [4.69, 9.17) is 4.74 Å². The van der Waals surface area contributed by atoms with Gasteiger partial charge in [0.25, 0.3) is 0 Å². The van der Waals surface area contributed by atoms with Gasteiger partial charge in [0.1, 0.15) is 0 Å². The lowest BCUT2D eigenvalue weighted by molar-refractivity contribution is -0.121. The minimum Gasteiger partial charge on any atom is -0.494 e. The minimum absolute atomic E-state index is 0.0178. The second-order valence-electron chi connectivity index (χ2n) is 7.06. The van der Waals surface area contributed by atoms with Crippen molar-refractivity contribution in [2.45, 2.75) is 19.4 Å². The number of ether oxygens (including phenoxy) is 1. The van der Waals surface area contributed by atoms with Crippen molar-refractivity contribution >= 4 is 11.6 Å². The maximum atomic E-state index is 13.9. The minimum atomic E-state index is -0.342. The number of fused-ring (bicyclic) bond motifs is 1. The van der Waals surface area contributed by atoms with E-state index in [1.54, 1.807) is 6.07 Å². The highest BCUT2D eigenvalue weighted by Crippen LogP contribution is 2.31. The first-order valence-electron chi connectivity index (χ1n) is 9.10. The number of benzene rings is 2. The van der Waals surface area contributed by atoms with E-state index in [0.717, 1.165) is 43.7 Å². The number of para-hydroxylation sites is 1. The van der Waals surface area contributed by atoms with Crippen molar-refractivity contribution in [3.63, 3.8) is 0 Å². The van der Waals surface area contributed by atoms with Crippen molar-refractivity contribution in [1.82, 2.24) is 4.90 Å². The lowest BCUT2D eigenvalue weighted by Crippen LogP contribution is -2.36. The van der Waals surface area contributed by atoms with Crippen LogP contribution in [0.15, 0.2) is 42.5 Å². The Balaban J connectivity index is 1.39. The van der Waals surface area contributed by atoms with Gasteiger partial charge in [0.15, 0.2) is 11.6 Å². The van der Waals surface area contributed by atoms with Crippen LogP contribution in [0.2, 0.25) is 0 Å². The quantitative estimate of drug-likeness (QED) is 0.845. The van der Waals surface area contributed by atoms with Crippen LogP contribution >= 0.6 is 0 Å². The predicted octanol–water partition coefficient (Wildman–Crippen LogP) is 3.25. The smallest absolute Gasteiger partial charge is 0.231 e. The maximum absolute atomic E-state index is 13.9. The fourth-order valence-corrected chi connectivity index (χ4v) is 4.03. The Labute approximate surface area is 153 Å². The molecule has 1 amide bonds. The van der Waals surface area contributed by atoms with Gasteiger partial charge in [-0.3, -0.25) is 9.69 Å². The highest BCUT2D eigenvalue weighted by Gasteiger charge is 2.34. The molecule has 26 heavy (non-hydrogen) atoms. The first-order chi connectivity index (χ1) is 12.7. The zero-order valence-corrected chi connectivity index (χ0v) is 15.0. The van der Waals surface area contributed by atoms with Gasteiger partial charge in [-0.1, -0.05) is 24.3 Å². The van der Waals surface area contributed by atoms with Gasteiger partial charge in [0.2, 0.25) is 5.91 Å². The normalized spacial score (nSPS) is 19.6. The molecule has 2 aromatic rings. The van der Waals surface area contributed by atoms with Gasteiger partial charge in [-0.2, -0.15) is 0 Å². The van der Waals surface area contributed by atoms with Gasteiger partial charge in [-0.05, 0) is 48.7 Å². The summed E-state index contributed by atoms with van der Waals surface area (Å²) in [6.07, 6.45) is 1.79. The molecule has 2 heterocycles. The van der Waals surface area contributed by atoms with Crippen molar-refractivity contribution in [1.29, 1.82) is 0 Å². The molecule has 1 fully saturated rings. The van der Waals surface area contributed by atoms with Crippen LogP contribution in [0.1, 0.15) is 17.5 Å². The van der Waals surface area contributed by atoms with Gasteiger partial charge in [-0.15, -0.1) is 0 Å². The number of nitrogens with zero attached hydrogens (tertiary/aromatic N) is 2. The van der Waals surface area contributed by atoms with Crippen molar-refractivity contribution in [3.05, 3.63) is 59.4 Å². The summed E-state index contributed by atoms with van der Waals surface area (Å²) in [5.74, 6) is 0.157. The third-order valence-corrected chi connectivity index (χ3v) is 5.40. The van der Waals surface area contributed by atoms with E-state index in [1.165, 1.54) is 18.7 Å². The van der Waals surface area contributed by atoms with Crippen LogP contribution in [-0.2, 0) is 17.8 Å². The number of likely N-dealkylation sites (tertiary alicyclic amines) is 1. The molecule has 0 aliphatic carbocycles. The van der Waals surface area contributed by atoms with E-state index >= 15 is 0 Å². The number of rotatable bonds is 4. The van der Waals surface area contributed by atoms with Gasteiger partial charge in [0.05, 0.1) is 13.0 Å². The SMILES string of the molecule is COc1ccc(CN2CCC(C(=O)N3CCc4ccccc43)C2)cc1F. The van der Waals surface area contributed by atoms with Crippen LogP contribution in [-0.4, -0.2) is 37.6 Å². The summed E-state index contributed by atoms with van der Waals surface area (Å²) in [4.78, 5) is 17.1. The van der Waals surface area contributed by atoms with Crippen molar-refractivity contribution in [2.24, 2.45) is 5.92 Å². The Kier molecular flexibility index (Phi) is 4.64. The molecule has 1 unspecified atom stereocenters. The van der Waals surface area contributed by atoms with E-state index in [1.807, 2.05) is 29.2 Å². The lowest BCUT2D eigenvalue weighted by atomic mass is 10.1. The van der Waals surface area contributed by atoms with Crippen LogP contribution < -0.4 is 9.64 Å². The molecular formula is C21H23FN2O2. The number of amides is 1. The number of carbonyl (C=O) groups excluding carboxylic acids is 1. The van der Waals surface area contributed by atoms with Gasteiger partial charge in [0, 0.05) is 25.3 Å². The van der Waals surface area contributed by atoms with E-state index in [9.17, 15) is 9.18 Å². The van der Waals surface area contributed by atoms with Gasteiger partial charge in [-0.25, -0.2) is 4.39 Å². The molecule has 5 heteroatoms. The van der Waals surface area contributed by atoms with Gasteiger partial charge < -0.3 is 9.64 Å². The fraction of sp³-hybridized carbons (Fsp3) is 0.381. The zero-order chi connectivity index (χ0) is 18.1. The molecule has 0 spiro atoms. The first-order valence-corrected chi connectivity index (χ1v) is 9.10. The van der Waals surface area contributed by atoms with Gasteiger partial charge >= 0.3 is 0 Å². The van der Waals surface area contributed by atoms with Crippen molar-refractivity contribution < 1.29 is 13.9 Å². The third kappa shape index (κ3) is 3.19. The van der Waals surface area contributed by atoms with E-state index in [-0.39, 0.29) is 23.4 Å². The summed E-state index contributed by atoms with van der Waals surface area (Å²) in [7, 11) is 1.46. The highest BCUT2D eigenvalue weighted by molar-refractivity contribution is 5.97. The van der Waals surface area contributed by atoms with E-state index < -0.39 is 0 Å². The number of hydrogen-bond donors (Lipinski definition) is 0. The first kappa shape index (κ1) is 17.0. The lowest BCUT2D eigenvalue weighted by Gasteiger charge is -2.22. The Morgan fingerprint density at radius 2 is 2.08 bits per heavy atom. The number of hydrogen-bond acceptors (Lipinski definition) is 3. The summed E-state index contributed by atoms with van der Waals surface area (Å²) in [6.45, 7) is 3.02. The van der Waals surface area contributed by atoms with Crippen LogP contribution in [0.25, 0.3) is 0 Å². The molecule has 2 aromatic carbocycles. The molecule has 0 radical (unpaired) electrons. The summed E-state index contributed by atoms with van der Waals surface area (Å²) >= 11 is 0. The molecule has 4 nitrogen and oxygen atoms in total. The second kappa shape index (κ2) is 7.08. The van der Waals surface area contributed by atoms with Crippen LogP contribution in [0, 0.1) is 11.7 Å². The predicted molar refractivity (Wildman–Crippen MR) is 98.8 cm³/mol. The van der Waals surface area contributed by atoms with Crippen molar-refractivity contribution in [3.8, 4) is 5.75 Å². The standard InChI is InChI=1S/C21H23FN2O2/c1-26-20-7-6-15(12-18(20)22)13-23-10-8-17(14-23)21(25)24-11-9-16-4-2-3-5-19(16)24/h2-7,12,17H,8-11,13-14H2,1H3. The van der Waals surface area contributed by atoms with E-state index in [2.05, 4.69) is 11.0 Å². The number of anilines is 1. The summed E-state index contributed by atoms with van der Waals surface area (Å²) in [5, 5.41) is 0. The van der Waals surface area contributed by atoms with Crippen LogP contribution in [0.3, 0.4) is 0 Å². The molecule has 2 aliphatic rings.